The maximum absolute atomic E-state index is 5.56. The lowest BCUT2D eigenvalue weighted by molar-refractivity contribution is 0.140. The van der Waals surface area contributed by atoms with E-state index in [0.29, 0.717) is 25.0 Å². The average Bonchev–Trinajstić information content (AvgIpc) is 3.03. The zero-order valence-corrected chi connectivity index (χ0v) is 11.7. The van der Waals surface area contributed by atoms with E-state index in [1.54, 1.807) is 6.92 Å². The van der Waals surface area contributed by atoms with Crippen molar-refractivity contribution in [2.24, 2.45) is 0 Å². The number of nitrogens with zero attached hydrogens (tertiary/aromatic N) is 3. The molecule has 0 spiro atoms. The fraction of sp³-hybridized carbons (Fsp3) is 0.333. The smallest absolute Gasteiger partial charge is 0.264 e. The fourth-order valence-corrected chi connectivity index (χ4v) is 2.33. The minimum atomic E-state index is 0.551. The number of aryl methyl sites for hydroxylation is 1. The predicted molar refractivity (Wildman–Crippen MR) is 76.5 cm³/mol. The Bertz CT molecular complexity index is 715. The molecule has 0 amide bonds. The third kappa shape index (κ3) is 2.32. The molecule has 0 aliphatic heterocycles. The zero-order valence-electron chi connectivity index (χ0n) is 11.7. The van der Waals surface area contributed by atoms with E-state index in [-0.39, 0.29) is 0 Å². The maximum atomic E-state index is 5.56. The molecule has 5 heteroatoms. The summed E-state index contributed by atoms with van der Waals surface area (Å²) in [6.07, 6.45) is 0. The third-order valence-electron chi connectivity index (χ3n) is 3.22. The van der Waals surface area contributed by atoms with Crippen LogP contribution in [0.4, 0.5) is 0 Å². The number of rotatable bonds is 5. The Labute approximate surface area is 117 Å². The Morgan fingerprint density at radius 3 is 2.85 bits per heavy atom. The number of ether oxygens (including phenoxy) is 1. The molecule has 0 aliphatic carbocycles. The van der Waals surface area contributed by atoms with Crippen molar-refractivity contribution in [1.29, 1.82) is 0 Å². The van der Waals surface area contributed by atoms with Crippen LogP contribution in [-0.2, 0) is 11.3 Å². The standard InChI is InChI=1S/C15H17N3O2/c1-3-19-9-8-18-13-7-5-4-6-12(13)10-14(18)15-17-16-11(2)20-15/h4-7,10H,3,8-9H2,1-2H3. The van der Waals surface area contributed by atoms with Gasteiger partial charge in [0.2, 0.25) is 5.89 Å². The molecule has 1 aromatic carbocycles. The average molecular weight is 271 g/mol. The summed E-state index contributed by atoms with van der Waals surface area (Å²) in [5, 5.41) is 9.19. The van der Waals surface area contributed by atoms with Gasteiger partial charge in [0, 0.05) is 31.0 Å². The molecule has 0 aliphatic rings. The second kappa shape index (κ2) is 5.46. The number of para-hydroxylation sites is 1. The van der Waals surface area contributed by atoms with Crippen molar-refractivity contribution >= 4 is 10.9 Å². The summed E-state index contributed by atoms with van der Waals surface area (Å²) in [5.41, 5.74) is 2.09. The molecule has 2 heterocycles. The lowest BCUT2D eigenvalue weighted by atomic mass is 10.2. The van der Waals surface area contributed by atoms with Crippen molar-refractivity contribution in [2.45, 2.75) is 20.4 Å². The van der Waals surface area contributed by atoms with Crippen molar-refractivity contribution in [3.63, 3.8) is 0 Å². The first kappa shape index (κ1) is 12.9. The van der Waals surface area contributed by atoms with Gasteiger partial charge >= 0.3 is 0 Å². The normalized spacial score (nSPS) is 11.3. The molecule has 0 unspecified atom stereocenters. The number of fused-ring (bicyclic) bond motifs is 1. The summed E-state index contributed by atoms with van der Waals surface area (Å²) in [4.78, 5) is 0. The molecule has 20 heavy (non-hydrogen) atoms. The molecule has 0 atom stereocenters. The van der Waals surface area contributed by atoms with Crippen LogP contribution in [0.15, 0.2) is 34.7 Å². The van der Waals surface area contributed by atoms with Crippen LogP contribution in [-0.4, -0.2) is 28.0 Å². The molecular weight excluding hydrogens is 254 g/mol. The molecule has 0 saturated carbocycles. The molecule has 0 radical (unpaired) electrons. The van der Waals surface area contributed by atoms with Gasteiger partial charge in [-0.2, -0.15) is 0 Å². The van der Waals surface area contributed by atoms with Crippen LogP contribution in [0.25, 0.3) is 22.5 Å². The van der Waals surface area contributed by atoms with Crippen LogP contribution < -0.4 is 0 Å². The highest BCUT2D eigenvalue weighted by molar-refractivity contribution is 5.85. The van der Waals surface area contributed by atoms with Gasteiger partial charge in [-0.05, 0) is 19.1 Å². The van der Waals surface area contributed by atoms with Crippen molar-refractivity contribution < 1.29 is 9.15 Å². The first-order valence-corrected chi connectivity index (χ1v) is 6.76. The van der Waals surface area contributed by atoms with E-state index >= 15 is 0 Å². The Hall–Kier alpha value is -2.14. The number of aromatic nitrogens is 3. The van der Waals surface area contributed by atoms with E-state index in [1.807, 2.05) is 19.1 Å². The van der Waals surface area contributed by atoms with Gasteiger partial charge in [0.05, 0.1) is 6.61 Å². The van der Waals surface area contributed by atoms with Crippen molar-refractivity contribution in [3.8, 4) is 11.6 Å². The Morgan fingerprint density at radius 2 is 2.10 bits per heavy atom. The highest BCUT2D eigenvalue weighted by Crippen LogP contribution is 2.27. The lowest BCUT2D eigenvalue weighted by Crippen LogP contribution is -2.07. The van der Waals surface area contributed by atoms with E-state index < -0.39 is 0 Å². The number of hydrogen-bond donors (Lipinski definition) is 0. The van der Waals surface area contributed by atoms with Gasteiger partial charge in [-0.3, -0.25) is 0 Å². The Balaban J connectivity index is 2.07. The molecule has 0 bridgehead atoms. The van der Waals surface area contributed by atoms with E-state index in [2.05, 4.69) is 33.0 Å². The molecule has 104 valence electrons. The van der Waals surface area contributed by atoms with Crippen molar-refractivity contribution in [1.82, 2.24) is 14.8 Å². The highest BCUT2D eigenvalue weighted by atomic mass is 16.5. The van der Waals surface area contributed by atoms with Crippen LogP contribution in [0.1, 0.15) is 12.8 Å². The molecule has 2 aromatic heterocycles. The van der Waals surface area contributed by atoms with E-state index in [1.165, 1.54) is 0 Å². The molecule has 0 N–H and O–H groups in total. The van der Waals surface area contributed by atoms with Crippen LogP contribution in [0.5, 0.6) is 0 Å². The maximum Gasteiger partial charge on any atom is 0.264 e. The van der Waals surface area contributed by atoms with Gasteiger partial charge in [0.25, 0.3) is 5.89 Å². The molecule has 3 aromatic rings. The van der Waals surface area contributed by atoms with Crippen molar-refractivity contribution in [3.05, 3.63) is 36.2 Å². The molecular formula is C15H17N3O2. The van der Waals surface area contributed by atoms with Crippen molar-refractivity contribution in [2.75, 3.05) is 13.2 Å². The summed E-state index contributed by atoms with van der Waals surface area (Å²) >= 11 is 0. The molecule has 3 rings (SSSR count). The summed E-state index contributed by atoms with van der Waals surface area (Å²) in [5.74, 6) is 1.12. The summed E-state index contributed by atoms with van der Waals surface area (Å²) in [6, 6.07) is 10.3. The predicted octanol–water partition coefficient (Wildman–Crippen LogP) is 3.04. The van der Waals surface area contributed by atoms with Gasteiger partial charge in [-0.1, -0.05) is 18.2 Å². The van der Waals surface area contributed by atoms with E-state index in [4.69, 9.17) is 9.15 Å². The van der Waals surface area contributed by atoms with Gasteiger partial charge in [0.1, 0.15) is 5.69 Å². The highest BCUT2D eigenvalue weighted by Gasteiger charge is 2.15. The van der Waals surface area contributed by atoms with Gasteiger partial charge in [-0.15, -0.1) is 10.2 Å². The summed E-state index contributed by atoms with van der Waals surface area (Å²) in [6.45, 7) is 5.93. The second-order valence-electron chi connectivity index (χ2n) is 4.56. The van der Waals surface area contributed by atoms with Crippen LogP contribution >= 0.6 is 0 Å². The third-order valence-corrected chi connectivity index (χ3v) is 3.22. The largest absolute Gasteiger partial charge is 0.420 e. The van der Waals surface area contributed by atoms with Crippen LogP contribution in [0.2, 0.25) is 0 Å². The van der Waals surface area contributed by atoms with E-state index in [9.17, 15) is 0 Å². The minimum Gasteiger partial charge on any atom is -0.420 e. The zero-order chi connectivity index (χ0) is 13.9. The molecule has 0 saturated heterocycles. The van der Waals surface area contributed by atoms with Crippen LogP contribution in [0.3, 0.4) is 0 Å². The Kier molecular flexibility index (Phi) is 3.52. The lowest BCUT2D eigenvalue weighted by Gasteiger charge is -2.08. The monoisotopic (exact) mass is 271 g/mol. The summed E-state index contributed by atoms with van der Waals surface area (Å²) in [7, 11) is 0. The van der Waals surface area contributed by atoms with Gasteiger partial charge in [-0.25, -0.2) is 0 Å². The summed E-state index contributed by atoms with van der Waals surface area (Å²) < 4.78 is 13.2. The van der Waals surface area contributed by atoms with Gasteiger partial charge in [0.15, 0.2) is 0 Å². The fourth-order valence-electron chi connectivity index (χ4n) is 2.33. The first-order valence-electron chi connectivity index (χ1n) is 6.76. The second-order valence-corrected chi connectivity index (χ2v) is 4.56. The quantitative estimate of drug-likeness (QED) is 0.669. The number of benzene rings is 1. The topological polar surface area (TPSA) is 53.1 Å². The molecule has 5 nitrogen and oxygen atoms in total. The first-order chi connectivity index (χ1) is 9.79. The molecule has 0 fully saturated rings. The Morgan fingerprint density at radius 1 is 1.25 bits per heavy atom. The van der Waals surface area contributed by atoms with Crippen LogP contribution in [0, 0.1) is 6.92 Å². The number of hydrogen-bond acceptors (Lipinski definition) is 4. The van der Waals surface area contributed by atoms with Gasteiger partial charge < -0.3 is 13.7 Å². The van der Waals surface area contributed by atoms with E-state index in [0.717, 1.165) is 23.1 Å². The minimum absolute atomic E-state index is 0.551. The SMILES string of the molecule is CCOCCn1c(-c2nnc(C)o2)cc2ccccc21.